The normalized spacial score (nSPS) is 10.5. The summed E-state index contributed by atoms with van der Waals surface area (Å²) in [6.45, 7) is 2.76. The van der Waals surface area contributed by atoms with Gasteiger partial charge < -0.3 is 14.8 Å². The predicted octanol–water partition coefficient (Wildman–Crippen LogP) is 6.36. The van der Waals surface area contributed by atoms with E-state index < -0.39 is 0 Å². The van der Waals surface area contributed by atoms with Crippen molar-refractivity contribution < 1.29 is 14.3 Å². The van der Waals surface area contributed by atoms with Crippen molar-refractivity contribution in [3.63, 3.8) is 0 Å². The minimum atomic E-state index is -0.304. The van der Waals surface area contributed by atoms with E-state index in [9.17, 15) is 4.79 Å². The van der Waals surface area contributed by atoms with Crippen LogP contribution < -0.4 is 14.8 Å². The van der Waals surface area contributed by atoms with Crippen LogP contribution in [-0.4, -0.2) is 19.1 Å². The number of nitrogens with one attached hydrogen (secondary N) is 1. The molecular formula is C21H25Cl2NO3. The highest BCUT2D eigenvalue weighted by Gasteiger charge is 2.08. The van der Waals surface area contributed by atoms with Gasteiger partial charge in [-0.05, 0) is 36.8 Å². The van der Waals surface area contributed by atoms with Crippen molar-refractivity contribution in [1.29, 1.82) is 0 Å². The summed E-state index contributed by atoms with van der Waals surface area (Å²) in [4.78, 5) is 12.0. The molecular weight excluding hydrogens is 385 g/mol. The Morgan fingerprint density at radius 1 is 0.963 bits per heavy atom. The lowest BCUT2D eigenvalue weighted by atomic mass is 10.2. The fourth-order valence-corrected chi connectivity index (χ4v) is 2.93. The predicted molar refractivity (Wildman–Crippen MR) is 111 cm³/mol. The maximum atomic E-state index is 12.0. The lowest BCUT2D eigenvalue weighted by Crippen LogP contribution is -2.20. The Labute approximate surface area is 170 Å². The van der Waals surface area contributed by atoms with Crippen molar-refractivity contribution in [2.75, 3.05) is 18.5 Å². The van der Waals surface area contributed by atoms with Gasteiger partial charge in [0.2, 0.25) is 0 Å². The van der Waals surface area contributed by atoms with Crippen LogP contribution in [0.1, 0.15) is 39.0 Å². The third-order valence-corrected chi connectivity index (χ3v) is 4.45. The molecule has 0 aliphatic carbocycles. The first-order valence-electron chi connectivity index (χ1n) is 9.19. The van der Waals surface area contributed by atoms with Gasteiger partial charge in [0.25, 0.3) is 5.91 Å². The summed E-state index contributed by atoms with van der Waals surface area (Å²) in [6, 6.07) is 12.2. The topological polar surface area (TPSA) is 47.6 Å². The standard InChI is InChI=1S/C21H25Cl2NO3/c1-2-3-4-5-6-12-26-17-8-7-9-18(14-17)27-15-21(25)24-20-11-10-16(22)13-19(20)23/h7-11,13-14H,2-6,12,15H2,1H3,(H,24,25). The number of halogens is 2. The summed E-state index contributed by atoms with van der Waals surface area (Å²) < 4.78 is 11.3. The van der Waals surface area contributed by atoms with Crippen LogP contribution in [-0.2, 0) is 4.79 Å². The number of benzene rings is 2. The van der Waals surface area contributed by atoms with E-state index in [1.165, 1.54) is 25.7 Å². The molecule has 1 N–H and O–H groups in total. The number of carbonyl (C=O) groups excluding carboxylic acids is 1. The van der Waals surface area contributed by atoms with Gasteiger partial charge in [0.15, 0.2) is 6.61 Å². The van der Waals surface area contributed by atoms with Crippen LogP contribution in [0, 0.1) is 0 Å². The van der Waals surface area contributed by atoms with E-state index in [2.05, 4.69) is 12.2 Å². The molecule has 2 rings (SSSR count). The second-order valence-electron chi connectivity index (χ2n) is 6.20. The molecule has 0 unspecified atom stereocenters. The molecule has 0 aliphatic heterocycles. The Morgan fingerprint density at radius 2 is 1.70 bits per heavy atom. The number of hydrogen-bond acceptors (Lipinski definition) is 3. The first-order chi connectivity index (χ1) is 13.1. The SMILES string of the molecule is CCCCCCCOc1cccc(OCC(=O)Nc2ccc(Cl)cc2Cl)c1. The number of anilines is 1. The maximum absolute atomic E-state index is 12.0. The minimum Gasteiger partial charge on any atom is -0.493 e. The molecule has 27 heavy (non-hydrogen) atoms. The van der Waals surface area contributed by atoms with E-state index in [-0.39, 0.29) is 12.5 Å². The van der Waals surface area contributed by atoms with Crippen molar-refractivity contribution >= 4 is 34.8 Å². The lowest BCUT2D eigenvalue weighted by Gasteiger charge is -2.11. The quantitative estimate of drug-likeness (QED) is 0.439. The third-order valence-electron chi connectivity index (χ3n) is 3.90. The van der Waals surface area contributed by atoms with E-state index in [1.54, 1.807) is 30.3 Å². The van der Waals surface area contributed by atoms with Gasteiger partial charge in [0.1, 0.15) is 11.5 Å². The molecule has 0 atom stereocenters. The zero-order valence-electron chi connectivity index (χ0n) is 15.5. The zero-order chi connectivity index (χ0) is 19.5. The van der Waals surface area contributed by atoms with E-state index in [4.69, 9.17) is 32.7 Å². The number of rotatable bonds is 11. The molecule has 0 saturated heterocycles. The molecule has 6 heteroatoms. The number of amides is 1. The van der Waals surface area contributed by atoms with Gasteiger partial charge in [0, 0.05) is 11.1 Å². The number of unbranched alkanes of at least 4 members (excludes halogenated alkanes) is 4. The van der Waals surface area contributed by atoms with Gasteiger partial charge in [-0.1, -0.05) is 61.9 Å². The fourth-order valence-electron chi connectivity index (χ4n) is 2.48. The lowest BCUT2D eigenvalue weighted by molar-refractivity contribution is -0.118. The second kappa shape index (κ2) is 11.7. The van der Waals surface area contributed by atoms with E-state index in [0.29, 0.717) is 28.1 Å². The van der Waals surface area contributed by atoms with Crippen LogP contribution in [0.3, 0.4) is 0 Å². The fraction of sp³-hybridized carbons (Fsp3) is 0.381. The molecule has 146 valence electrons. The highest BCUT2D eigenvalue weighted by atomic mass is 35.5. The second-order valence-corrected chi connectivity index (χ2v) is 7.04. The molecule has 0 aliphatic rings. The summed E-state index contributed by atoms with van der Waals surface area (Å²) in [5.41, 5.74) is 0.495. The number of hydrogen-bond donors (Lipinski definition) is 1. The average molecular weight is 410 g/mol. The van der Waals surface area contributed by atoms with Crippen molar-refractivity contribution in [2.24, 2.45) is 0 Å². The van der Waals surface area contributed by atoms with Crippen LogP contribution in [0.5, 0.6) is 11.5 Å². The minimum absolute atomic E-state index is 0.126. The van der Waals surface area contributed by atoms with Gasteiger partial charge in [0.05, 0.1) is 17.3 Å². The molecule has 4 nitrogen and oxygen atoms in total. The largest absolute Gasteiger partial charge is 0.493 e. The Balaban J connectivity index is 1.75. The summed E-state index contributed by atoms with van der Waals surface area (Å²) in [7, 11) is 0. The van der Waals surface area contributed by atoms with Crippen LogP contribution >= 0.6 is 23.2 Å². The summed E-state index contributed by atoms with van der Waals surface area (Å²) in [5.74, 6) is 1.02. The zero-order valence-corrected chi connectivity index (χ0v) is 17.0. The molecule has 0 spiro atoms. The summed E-state index contributed by atoms with van der Waals surface area (Å²) in [5, 5.41) is 3.59. The van der Waals surface area contributed by atoms with E-state index in [1.807, 2.05) is 12.1 Å². The average Bonchev–Trinajstić information content (AvgIpc) is 2.65. The molecule has 0 aromatic heterocycles. The van der Waals surface area contributed by atoms with Gasteiger partial charge >= 0.3 is 0 Å². The smallest absolute Gasteiger partial charge is 0.262 e. The van der Waals surface area contributed by atoms with Crippen molar-refractivity contribution in [2.45, 2.75) is 39.0 Å². The molecule has 2 aromatic carbocycles. The van der Waals surface area contributed by atoms with Gasteiger partial charge in [-0.25, -0.2) is 0 Å². The molecule has 0 bridgehead atoms. The van der Waals surface area contributed by atoms with Crippen LogP contribution in [0.25, 0.3) is 0 Å². The monoisotopic (exact) mass is 409 g/mol. The molecule has 0 saturated carbocycles. The molecule has 1 amide bonds. The van der Waals surface area contributed by atoms with Gasteiger partial charge in [-0.15, -0.1) is 0 Å². The summed E-state index contributed by atoms with van der Waals surface area (Å²) in [6.07, 6.45) is 5.97. The number of ether oxygens (including phenoxy) is 2. The number of carbonyl (C=O) groups is 1. The van der Waals surface area contributed by atoms with Crippen molar-refractivity contribution in [1.82, 2.24) is 0 Å². The van der Waals surface area contributed by atoms with Crippen LogP contribution in [0.2, 0.25) is 10.0 Å². The Kier molecular flexibility index (Phi) is 9.29. The molecule has 0 radical (unpaired) electrons. The van der Waals surface area contributed by atoms with E-state index in [0.717, 1.165) is 12.2 Å². The Morgan fingerprint density at radius 3 is 2.44 bits per heavy atom. The highest BCUT2D eigenvalue weighted by Crippen LogP contribution is 2.25. The first-order valence-corrected chi connectivity index (χ1v) is 9.94. The third kappa shape index (κ3) is 8.10. The van der Waals surface area contributed by atoms with Crippen LogP contribution in [0.15, 0.2) is 42.5 Å². The maximum Gasteiger partial charge on any atom is 0.262 e. The highest BCUT2D eigenvalue weighted by molar-refractivity contribution is 6.36. The molecule has 0 heterocycles. The molecule has 0 fully saturated rings. The molecule has 2 aromatic rings. The summed E-state index contributed by atoms with van der Waals surface area (Å²) >= 11 is 11.9. The van der Waals surface area contributed by atoms with Crippen molar-refractivity contribution in [3.05, 3.63) is 52.5 Å². The van der Waals surface area contributed by atoms with Gasteiger partial charge in [-0.3, -0.25) is 4.79 Å². The van der Waals surface area contributed by atoms with E-state index >= 15 is 0 Å². The first kappa shape index (κ1) is 21.4. The Bertz CT molecular complexity index is 737. The van der Waals surface area contributed by atoms with Gasteiger partial charge in [-0.2, -0.15) is 0 Å². The van der Waals surface area contributed by atoms with Crippen LogP contribution in [0.4, 0.5) is 5.69 Å². The van der Waals surface area contributed by atoms with Crippen molar-refractivity contribution in [3.8, 4) is 11.5 Å². The Hall–Kier alpha value is -1.91.